The minimum atomic E-state index is -0.139. The SMILES string of the molecule is CC(=O)c1cccc(C(C)(C)C)c1.CC(C)(C)c1ccc2c(c1)CCC2.CC(C)(C)c1cccc(C2CC2)c1.CC(C)(C)c1ccccc1Cl.Cc1cc(F)cc(C(C)(C)C)c1.Cc1ccc(C(C)(C)C)cc1Cl.Cc1ccc(C(C)(C)C)cc1Cl.Cc1ccc(C(C)(C)C)cn1.Cc1ccc(F)c(C(C)(C)C)c1.Cc1cccc(C(C)(C)C)c1.Cc1cccc(C(C)(C)C)c1.Cc1cncc(C(C)(C)C)c1. The number of pyridine rings is 2. The molecule has 0 aliphatic heterocycles. The van der Waals surface area contributed by atoms with Gasteiger partial charge in [0.1, 0.15) is 11.6 Å². The predicted octanol–water partition coefficient (Wildman–Crippen LogP) is 40.9. The van der Waals surface area contributed by atoms with Crippen LogP contribution >= 0.6 is 34.8 Å². The second-order valence-electron chi connectivity index (χ2n) is 51.5. The number of carbonyl (C=O) groups excluding carboxylic acids is 1. The summed E-state index contributed by atoms with van der Waals surface area (Å²) < 4.78 is 26.2. The first kappa shape index (κ1) is 127. The molecule has 0 saturated heterocycles. The van der Waals surface area contributed by atoms with E-state index < -0.39 is 0 Å². The normalized spacial score (nSPS) is 12.6. The molecule has 0 unspecified atom stereocenters. The molecule has 0 radical (unpaired) electrons. The van der Waals surface area contributed by atoms with E-state index >= 15 is 0 Å². The predicted molar refractivity (Wildman–Crippen MR) is 624 cm³/mol. The van der Waals surface area contributed by atoms with Crippen LogP contribution in [0.3, 0.4) is 0 Å². The summed E-state index contributed by atoms with van der Waals surface area (Å²) in [7, 11) is 0. The van der Waals surface area contributed by atoms with E-state index in [-0.39, 0.29) is 71.6 Å². The van der Waals surface area contributed by atoms with Gasteiger partial charge in [0.25, 0.3) is 0 Å². The van der Waals surface area contributed by atoms with Gasteiger partial charge in [-0.1, -0.05) is 483 Å². The number of rotatable bonds is 2. The maximum Gasteiger partial charge on any atom is 0.159 e. The highest BCUT2D eigenvalue weighted by Gasteiger charge is 2.27. The van der Waals surface area contributed by atoms with Crippen molar-refractivity contribution in [2.24, 2.45) is 0 Å². The first-order chi connectivity index (χ1) is 64.7. The van der Waals surface area contributed by atoms with Crippen molar-refractivity contribution in [3.05, 3.63) is 409 Å². The number of aryl methyl sites for hydroxylation is 10. The number of ketones is 1. The number of hydrogen-bond donors (Lipinski definition) is 0. The number of Topliss-reactive ketones (excluding diaryl/α,β-unsaturated/α-hetero) is 1. The third-order valence-corrected chi connectivity index (χ3v) is 25.9. The van der Waals surface area contributed by atoms with E-state index in [9.17, 15) is 13.6 Å². The van der Waals surface area contributed by atoms with Gasteiger partial charge in [0.2, 0.25) is 0 Å². The van der Waals surface area contributed by atoms with Crippen molar-refractivity contribution in [1.29, 1.82) is 0 Å². The number of fused-ring (bicyclic) bond motifs is 1. The average molecular weight is 1990 g/mol. The van der Waals surface area contributed by atoms with Crippen molar-refractivity contribution in [3.8, 4) is 0 Å². The molecule has 0 atom stereocenters. The zero-order valence-corrected chi connectivity index (χ0v) is 99.2. The Morgan fingerprint density at radius 1 is 0.282 bits per heavy atom. The van der Waals surface area contributed by atoms with Gasteiger partial charge in [-0.25, -0.2) is 8.78 Å². The van der Waals surface area contributed by atoms with Gasteiger partial charge >= 0.3 is 0 Å². The summed E-state index contributed by atoms with van der Waals surface area (Å²) in [5, 5.41) is 2.59. The lowest BCUT2D eigenvalue weighted by molar-refractivity contribution is 0.101. The maximum absolute atomic E-state index is 13.3. The smallest absolute Gasteiger partial charge is 0.159 e. The van der Waals surface area contributed by atoms with E-state index in [1.807, 2.05) is 123 Å². The van der Waals surface area contributed by atoms with Crippen molar-refractivity contribution >= 4 is 40.6 Å². The second kappa shape index (κ2) is 54.4. The number of hydrogen-bond acceptors (Lipinski definition) is 3. The van der Waals surface area contributed by atoms with Crippen LogP contribution in [0, 0.1) is 67.0 Å². The van der Waals surface area contributed by atoms with Crippen LogP contribution in [0.4, 0.5) is 8.78 Å². The van der Waals surface area contributed by atoms with Gasteiger partial charge < -0.3 is 0 Å². The number of aromatic nitrogens is 2. The van der Waals surface area contributed by atoms with Crippen LogP contribution in [-0.2, 0) is 77.8 Å². The molecule has 2 heterocycles. The van der Waals surface area contributed by atoms with Gasteiger partial charge in [0.05, 0.1) is 0 Å². The Bertz CT molecular complexity index is 5660. The molecule has 12 aromatic rings. The fraction of sp³-hybridized carbons (Fsp3) is 0.470. The van der Waals surface area contributed by atoms with Crippen LogP contribution in [0.5, 0.6) is 0 Å². The minimum absolute atomic E-state index is 0.0346. The summed E-state index contributed by atoms with van der Waals surface area (Å²) in [5.74, 6) is 0.765. The lowest BCUT2D eigenvalue weighted by Crippen LogP contribution is -2.13. The number of carbonyl (C=O) groups is 1. The molecule has 0 spiro atoms. The molecular formula is C134H187Cl3F2N2O. The van der Waals surface area contributed by atoms with Crippen LogP contribution < -0.4 is 0 Å². The van der Waals surface area contributed by atoms with E-state index in [4.69, 9.17) is 34.8 Å². The molecular weight excluding hydrogens is 1800 g/mol. The molecule has 2 aromatic heterocycles. The Kier molecular flexibility index (Phi) is 48.6. The fourth-order valence-electron chi connectivity index (χ4n) is 14.6. The fourth-order valence-corrected chi connectivity index (χ4v) is 15.4. The lowest BCUT2D eigenvalue weighted by atomic mass is 9.85. The van der Waals surface area contributed by atoms with Crippen molar-refractivity contribution in [2.75, 3.05) is 0 Å². The van der Waals surface area contributed by atoms with Gasteiger partial charge in [-0.15, -0.1) is 0 Å². The molecule has 1 saturated carbocycles. The van der Waals surface area contributed by atoms with Crippen LogP contribution in [0.1, 0.15) is 420 Å². The van der Waals surface area contributed by atoms with E-state index in [2.05, 4.69) is 417 Å². The summed E-state index contributed by atoms with van der Waals surface area (Å²) in [6.07, 6.45) is 12.5. The minimum Gasteiger partial charge on any atom is -0.295 e. The molecule has 2 aliphatic carbocycles. The number of halogens is 5. The molecule has 0 bridgehead atoms. The Balaban J connectivity index is 0.000000398. The van der Waals surface area contributed by atoms with Crippen LogP contribution in [0.25, 0.3) is 0 Å². The van der Waals surface area contributed by atoms with Crippen molar-refractivity contribution in [2.45, 2.75) is 415 Å². The lowest BCUT2D eigenvalue weighted by Gasteiger charge is -2.20. The highest BCUT2D eigenvalue weighted by atomic mass is 35.5. The molecule has 774 valence electrons. The van der Waals surface area contributed by atoms with Crippen LogP contribution in [0.15, 0.2) is 249 Å². The third-order valence-electron chi connectivity index (χ3n) is 24.8. The van der Waals surface area contributed by atoms with Gasteiger partial charge in [-0.3, -0.25) is 14.8 Å². The molecule has 3 nitrogen and oxygen atoms in total. The Morgan fingerprint density at radius 2 is 0.655 bits per heavy atom. The summed E-state index contributed by atoms with van der Waals surface area (Å²) in [4.78, 5) is 19.5. The molecule has 14 rings (SSSR count). The third kappa shape index (κ3) is 47.8. The first-order valence-electron chi connectivity index (χ1n) is 51.4. The molecule has 0 amide bonds. The van der Waals surface area contributed by atoms with Gasteiger partial charge in [0.15, 0.2) is 5.78 Å². The van der Waals surface area contributed by atoms with E-state index in [0.717, 1.165) is 65.6 Å². The molecule has 0 N–H and O–H groups in total. The topological polar surface area (TPSA) is 42.9 Å². The molecule has 2 aliphatic rings. The van der Waals surface area contributed by atoms with Crippen LogP contribution in [0.2, 0.25) is 15.1 Å². The Morgan fingerprint density at radius 3 is 1.01 bits per heavy atom. The quantitative estimate of drug-likeness (QED) is 0.162. The number of benzene rings is 10. The summed E-state index contributed by atoms with van der Waals surface area (Å²) in [5.41, 5.74) is 32.3. The highest BCUT2D eigenvalue weighted by molar-refractivity contribution is 6.32. The van der Waals surface area contributed by atoms with E-state index in [1.54, 1.807) is 41.8 Å². The highest BCUT2D eigenvalue weighted by Crippen LogP contribution is 2.42. The van der Waals surface area contributed by atoms with Gasteiger partial charge in [0, 0.05) is 44.9 Å². The Labute approximate surface area is 881 Å². The first-order valence-corrected chi connectivity index (χ1v) is 52.5. The summed E-state index contributed by atoms with van der Waals surface area (Å²) in [6.45, 7) is 96.5. The van der Waals surface area contributed by atoms with Crippen molar-refractivity contribution in [3.63, 3.8) is 0 Å². The molecule has 142 heavy (non-hydrogen) atoms. The zero-order valence-electron chi connectivity index (χ0n) is 97.0. The van der Waals surface area contributed by atoms with E-state index in [0.29, 0.717) is 10.8 Å². The maximum atomic E-state index is 13.3. The monoisotopic (exact) mass is 1980 g/mol. The summed E-state index contributed by atoms with van der Waals surface area (Å²) in [6, 6.07) is 78.7. The van der Waals surface area contributed by atoms with Gasteiger partial charge in [-0.2, -0.15) is 0 Å². The second-order valence-corrected chi connectivity index (χ2v) is 52.7. The molecule has 1 fully saturated rings. The van der Waals surface area contributed by atoms with Crippen molar-refractivity contribution < 1.29 is 13.6 Å². The molecule has 10 aromatic carbocycles. The summed E-state index contributed by atoms with van der Waals surface area (Å²) >= 11 is 18.0. The standard InChI is InChI=1S/2C13H18.C12H16O.2C11H15Cl.2C11H15F.2C11H16.C10H13Cl.2C10H15N/c1-13(2,3)12-6-4-5-11(9-12)10-7-8-10;1-13(2,3)12-8-7-10-5-4-6-11(10)9-12;1-9(13)10-6-5-7-11(8-10)12(2,3)4;2*1-8-5-6-9(7-10(8)12)11(2,3)4;1-8-5-9(11(2,3)4)7-10(12)6-8;1-8-5-6-10(12)9(7-8)11(2,3)4;2*1-9-6-5-7-10(8-9)11(2,3)4;1-10(2,3)8-6-4-5-7-9(8)11;1-8-5-9(7-11-6-8)10(2,3)4;1-8-5-6-9(7-11-8)10(2,3)4/h4-6,9-10H,7-8H2,1-3H3;7-9H,4-6H2,1-3H3;5-8H,1-4H3;4*5-7H,1-4H3;2*5-8H,1-4H3;4-7H,1-3H3;2*5-7H,1-4H3. The van der Waals surface area contributed by atoms with Crippen molar-refractivity contribution in [1.82, 2.24) is 9.97 Å². The zero-order chi connectivity index (χ0) is 109. The van der Waals surface area contributed by atoms with E-state index in [1.165, 1.54) is 110 Å². The Hall–Kier alpha value is -9.10. The number of nitrogens with zero attached hydrogens (tertiary/aromatic N) is 2. The van der Waals surface area contributed by atoms with Crippen LogP contribution in [-0.4, -0.2) is 15.8 Å². The average Bonchev–Trinajstić information content (AvgIpc) is 1.67. The largest absolute Gasteiger partial charge is 0.295 e. The van der Waals surface area contributed by atoms with Gasteiger partial charge in [-0.05, 0) is 320 Å². The molecule has 8 heteroatoms.